The minimum absolute atomic E-state index is 0.185. The van der Waals surface area contributed by atoms with E-state index in [9.17, 15) is 9.50 Å². The Labute approximate surface area is 148 Å². The molecule has 3 rings (SSSR count). The maximum atomic E-state index is 13.1. The Morgan fingerprint density at radius 2 is 1.96 bits per heavy atom. The molecule has 1 aromatic heterocycles. The van der Waals surface area contributed by atoms with Crippen LogP contribution in [0.2, 0.25) is 0 Å². The third-order valence-corrected chi connectivity index (χ3v) is 4.96. The van der Waals surface area contributed by atoms with Crippen molar-refractivity contribution in [2.45, 2.75) is 32.5 Å². The van der Waals surface area contributed by atoms with E-state index in [2.05, 4.69) is 21.1 Å². The highest BCUT2D eigenvalue weighted by Gasteiger charge is 2.27. The van der Waals surface area contributed by atoms with Gasteiger partial charge in [-0.1, -0.05) is 12.1 Å². The summed E-state index contributed by atoms with van der Waals surface area (Å²) in [7, 11) is 1.95. The van der Waals surface area contributed by atoms with Crippen LogP contribution in [0.1, 0.15) is 23.2 Å². The number of nitrogens with zero attached hydrogens (tertiary/aromatic N) is 4. The molecule has 0 spiro atoms. The van der Waals surface area contributed by atoms with Crippen molar-refractivity contribution in [3.05, 3.63) is 53.1 Å². The zero-order valence-electron chi connectivity index (χ0n) is 15.0. The Morgan fingerprint density at radius 3 is 2.60 bits per heavy atom. The largest absolute Gasteiger partial charge is 0.396 e. The number of piperazine rings is 1. The normalized spacial score (nSPS) is 19.4. The van der Waals surface area contributed by atoms with Gasteiger partial charge in [-0.2, -0.15) is 5.10 Å². The molecule has 1 aliphatic heterocycles. The monoisotopic (exact) mass is 346 g/mol. The van der Waals surface area contributed by atoms with Crippen LogP contribution in [0, 0.1) is 12.7 Å². The zero-order valence-corrected chi connectivity index (χ0v) is 15.0. The smallest absolute Gasteiger partial charge is 0.123 e. The van der Waals surface area contributed by atoms with Gasteiger partial charge in [-0.25, -0.2) is 4.39 Å². The highest BCUT2D eigenvalue weighted by molar-refractivity contribution is 5.17. The van der Waals surface area contributed by atoms with Gasteiger partial charge in [0.2, 0.25) is 0 Å². The summed E-state index contributed by atoms with van der Waals surface area (Å²) in [6.45, 7) is 6.78. The SMILES string of the molecule is Cc1nn(C)cc1CN1CCN(Cc2ccc(F)cc2)[C@@H](CCO)C1. The summed E-state index contributed by atoms with van der Waals surface area (Å²) >= 11 is 0. The van der Waals surface area contributed by atoms with Crippen molar-refractivity contribution in [2.75, 3.05) is 26.2 Å². The van der Waals surface area contributed by atoms with Crippen molar-refractivity contribution in [3.8, 4) is 0 Å². The van der Waals surface area contributed by atoms with E-state index >= 15 is 0 Å². The Hall–Kier alpha value is -1.76. The van der Waals surface area contributed by atoms with Crippen molar-refractivity contribution in [3.63, 3.8) is 0 Å². The van der Waals surface area contributed by atoms with E-state index in [1.807, 2.05) is 30.8 Å². The summed E-state index contributed by atoms with van der Waals surface area (Å²) in [5, 5.41) is 13.9. The van der Waals surface area contributed by atoms with Crippen LogP contribution in [0.5, 0.6) is 0 Å². The highest BCUT2D eigenvalue weighted by Crippen LogP contribution is 2.19. The fraction of sp³-hybridized carbons (Fsp3) is 0.526. The molecule has 25 heavy (non-hydrogen) atoms. The number of aryl methyl sites for hydroxylation is 2. The van der Waals surface area contributed by atoms with Crippen LogP contribution in [0.4, 0.5) is 4.39 Å². The van der Waals surface area contributed by atoms with Gasteiger partial charge in [-0.05, 0) is 31.0 Å². The van der Waals surface area contributed by atoms with Crippen molar-refractivity contribution < 1.29 is 9.50 Å². The summed E-state index contributed by atoms with van der Waals surface area (Å²) in [5.41, 5.74) is 3.45. The highest BCUT2D eigenvalue weighted by atomic mass is 19.1. The van der Waals surface area contributed by atoms with E-state index in [0.717, 1.165) is 50.4 Å². The molecule has 136 valence electrons. The summed E-state index contributed by atoms with van der Waals surface area (Å²) in [6.07, 6.45) is 2.84. The van der Waals surface area contributed by atoms with Gasteiger partial charge in [-0.15, -0.1) is 0 Å². The number of benzene rings is 1. The molecule has 0 radical (unpaired) electrons. The quantitative estimate of drug-likeness (QED) is 0.868. The predicted molar refractivity (Wildman–Crippen MR) is 95.5 cm³/mol. The second-order valence-electron chi connectivity index (χ2n) is 6.91. The summed E-state index contributed by atoms with van der Waals surface area (Å²) in [4.78, 5) is 4.83. The molecule has 1 saturated heterocycles. The van der Waals surface area contributed by atoms with Gasteiger partial charge in [0, 0.05) is 64.2 Å². The Bertz CT molecular complexity index is 685. The van der Waals surface area contributed by atoms with Gasteiger partial charge in [-0.3, -0.25) is 14.5 Å². The fourth-order valence-corrected chi connectivity index (χ4v) is 3.60. The average molecular weight is 346 g/mol. The second-order valence-corrected chi connectivity index (χ2v) is 6.91. The van der Waals surface area contributed by atoms with Crippen LogP contribution in [-0.2, 0) is 20.1 Å². The van der Waals surface area contributed by atoms with Gasteiger partial charge >= 0.3 is 0 Å². The van der Waals surface area contributed by atoms with Crippen molar-refractivity contribution >= 4 is 0 Å². The molecule has 5 nitrogen and oxygen atoms in total. The van der Waals surface area contributed by atoms with E-state index in [4.69, 9.17) is 0 Å². The van der Waals surface area contributed by atoms with E-state index in [0.29, 0.717) is 6.04 Å². The van der Waals surface area contributed by atoms with Gasteiger partial charge in [0.25, 0.3) is 0 Å². The van der Waals surface area contributed by atoms with E-state index in [1.165, 1.54) is 17.7 Å². The molecule has 1 atom stereocenters. The van der Waals surface area contributed by atoms with E-state index in [1.54, 1.807) is 0 Å². The van der Waals surface area contributed by atoms with Crippen LogP contribution >= 0.6 is 0 Å². The van der Waals surface area contributed by atoms with Crippen LogP contribution < -0.4 is 0 Å². The first-order valence-corrected chi connectivity index (χ1v) is 8.86. The van der Waals surface area contributed by atoms with Gasteiger partial charge in [0.1, 0.15) is 5.82 Å². The fourth-order valence-electron chi connectivity index (χ4n) is 3.60. The Morgan fingerprint density at radius 1 is 1.20 bits per heavy atom. The lowest BCUT2D eigenvalue weighted by atomic mass is 10.1. The summed E-state index contributed by atoms with van der Waals surface area (Å²) in [6, 6.07) is 7.02. The van der Waals surface area contributed by atoms with Crippen LogP contribution in [0.25, 0.3) is 0 Å². The number of aliphatic hydroxyl groups is 1. The molecule has 0 aliphatic carbocycles. The molecule has 1 aliphatic rings. The molecule has 1 N–H and O–H groups in total. The van der Waals surface area contributed by atoms with Gasteiger partial charge in [0.15, 0.2) is 0 Å². The minimum Gasteiger partial charge on any atom is -0.396 e. The molecule has 0 unspecified atom stereocenters. The van der Waals surface area contributed by atoms with Crippen molar-refractivity contribution in [2.24, 2.45) is 7.05 Å². The number of aliphatic hydroxyl groups excluding tert-OH is 1. The van der Waals surface area contributed by atoms with Gasteiger partial charge < -0.3 is 5.11 Å². The molecule has 0 amide bonds. The number of hydrogen-bond donors (Lipinski definition) is 1. The summed E-state index contributed by atoms with van der Waals surface area (Å²) < 4.78 is 15.0. The topological polar surface area (TPSA) is 44.5 Å². The lowest BCUT2D eigenvalue weighted by molar-refractivity contribution is 0.0499. The lowest BCUT2D eigenvalue weighted by Gasteiger charge is -2.41. The molecular formula is C19H27FN4O. The Kier molecular flexibility index (Phi) is 5.83. The van der Waals surface area contributed by atoms with E-state index in [-0.39, 0.29) is 12.4 Å². The van der Waals surface area contributed by atoms with Crippen molar-refractivity contribution in [1.82, 2.24) is 19.6 Å². The van der Waals surface area contributed by atoms with Crippen LogP contribution in [-0.4, -0.2) is 57.0 Å². The molecule has 6 heteroatoms. The number of hydrogen-bond acceptors (Lipinski definition) is 4. The van der Waals surface area contributed by atoms with Crippen molar-refractivity contribution in [1.29, 1.82) is 0 Å². The second kappa shape index (κ2) is 8.08. The summed E-state index contributed by atoms with van der Waals surface area (Å²) in [5.74, 6) is -0.202. The molecular weight excluding hydrogens is 319 g/mol. The molecule has 1 aromatic carbocycles. The van der Waals surface area contributed by atoms with Crippen LogP contribution in [0.15, 0.2) is 30.5 Å². The van der Waals surface area contributed by atoms with Gasteiger partial charge in [0.05, 0.1) is 5.69 Å². The first-order chi connectivity index (χ1) is 12.0. The molecule has 0 bridgehead atoms. The minimum atomic E-state index is -0.202. The first-order valence-electron chi connectivity index (χ1n) is 8.86. The number of halogens is 1. The predicted octanol–water partition coefficient (Wildman–Crippen LogP) is 1.94. The first kappa shape index (κ1) is 18.0. The van der Waals surface area contributed by atoms with Crippen LogP contribution in [0.3, 0.4) is 0 Å². The number of aromatic nitrogens is 2. The standard InChI is InChI=1S/C19H27FN4O/c1-15-17(12-22(2)21-15)13-23-8-9-24(19(14-23)7-10-25)11-16-3-5-18(20)6-4-16/h3-6,12,19,25H,7-11,13-14H2,1-2H3/t19-/m0/s1. The molecule has 2 aromatic rings. The zero-order chi connectivity index (χ0) is 17.8. The lowest BCUT2D eigenvalue weighted by Crippen LogP contribution is -2.52. The average Bonchev–Trinajstić information content (AvgIpc) is 2.89. The number of rotatable bonds is 6. The maximum Gasteiger partial charge on any atom is 0.123 e. The molecule has 2 heterocycles. The van der Waals surface area contributed by atoms with E-state index < -0.39 is 0 Å². The molecule has 0 saturated carbocycles. The maximum absolute atomic E-state index is 13.1. The third-order valence-electron chi connectivity index (χ3n) is 4.96. The Balaban J connectivity index is 1.63. The third kappa shape index (κ3) is 4.66. The molecule has 1 fully saturated rings.